The monoisotopic (exact) mass is 576 g/mol. The number of nitrogens with one attached hydrogen (secondary N) is 3. The number of carbonyl (C=O) groups is 3. The molecule has 3 amide bonds. The molecule has 2 aromatic carbocycles. The second-order valence-electron chi connectivity index (χ2n) is 11.2. The average Bonchev–Trinajstić information content (AvgIpc) is 2.99. The molecule has 1 fully saturated rings. The van der Waals surface area contributed by atoms with Crippen molar-refractivity contribution >= 4 is 23.8 Å². The van der Waals surface area contributed by atoms with Crippen LogP contribution >= 0.6 is 0 Å². The summed E-state index contributed by atoms with van der Waals surface area (Å²) < 4.78 is 6.08. The van der Waals surface area contributed by atoms with Gasteiger partial charge in [-0.3, -0.25) is 14.4 Å². The quantitative estimate of drug-likeness (QED) is 0.445. The Morgan fingerprint density at radius 2 is 1.69 bits per heavy atom. The fraction of sp³-hybridized carbons (Fsp3) is 0.485. The molecule has 0 aromatic heterocycles. The Morgan fingerprint density at radius 1 is 0.976 bits per heavy atom. The molecular weight excluding hydrogens is 532 g/mol. The van der Waals surface area contributed by atoms with Crippen molar-refractivity contribution in [3.63, 3.8) is 0 Å². The Balaban J connectivity index is 1.64. The van der Waals surface area contributed by atoms with Crippen LogP contribution in [0.2, 0.25) is 0 Å². The standard InChI is InChI=1S/C33H44N4O5/c1-23(38)30-32(40)36-27(22-24-12-5-3-6-13-24)31(39)35-19-11-17-25-14-9-10-18-28(25)42-21-20-34-29(33(41)37(30)2)26-15-7-4-8-16-26/h3,5-6,9-14,17-18,23,26-27,29-30,34,38H,4,7-8,15-16,19-22H2,1-2H3,(H,35,39)(H,36,40)/t23?,27-,29+,30+/m1/s1. The van der Waals surface area contributed by atoms with Gasteiger partial charge in [-0.15, -0.1) is 0 Å². The van der Waals surface area contributed by atoms with Crippen molar-refractivity contribution < 1.29 is 24.2 Å². The number of nitrogens with zero attached hydrogens (tertiary/aromatic N) is 1. The Morgan fingerprint density at radius 3 is 2.43 bits per heavy atom. The summed E-state index contributed by atoms with van der Waals surface area (Å²) in [7, 11) is 1.55. The van der Waals surface area contributed by atoms with Crippen LogP contribution in [-0.2, 0) is 20.8 Å². The number of rotatable bonds is 4. The lowest BCUT2D eigenvalue weighted by atomic mass is 9.83. The first kappa shape index (κ1) is 31.3. The molecule has 4 atom stereocenters. The Labute approximate surface area is 248 Å². The second-order valence-corrected chi connectivity index (χ2v) is 11.2. The Bertz CT molecular complexity index is 1210. The number of benzene rings is 2. The van der Waals surface area contributed by atoms with E-state index in [1.165, 1.54) is 11.8 Å². The van der Waals surface area contributed by atoms with Crippen molar-refractivity contribution in [1.82, 2.24) is 20.9 Å². The van der Waals surface area contributed by atoms with Crippen LogP contribution in [0.1, 0.15) is 50.2 Å². The van der Waals surface area contributed by atoms with E-state index in [9.17, 15) is 19.5 Å². The molecule has 4 rings (SSSR count). The highest BCUT2D eigenvalue weighted by Crippen LogP contribution is 2.28. The molecular formula is C33H44N4O5. The van der Waals surface area contributed by atoms with Gasteiger partial charge in [-0.2, -0.15) is 0 Å². The van der Waals surface area contributed by atoms with Gasteiger partial charge in [-0.05, 0) is 37.3 Å². The minimum Gasteiger partial charge on any atom is -0.492 e. The maximum atomic E-state index is 14.0. The molecule has 1 saturated carbocycles. The molecule has 0 saturated heterocycles. The molecule has 42 heavy (non-hydrogen) atoms. The first-order valence-corrected chi connectivity index (χ1v) is 15.0. The smallest absolute Gasteiger partial charge is 0.246 e. The lowest BCUT2D eigenvalue weighted by Gasteiger charge is -2.37. The molecule has 0 radical (unpaired) electrons. The van der Waals surface area contributed by atoms with E-state index >= 15 is 0 Å². The van der Waals surface area contributed by atoms with Crippen LogP contribution in [0.25, 0.3) is 6.08 Å². The molecule has 4 N–H and O–H groups in total. The third-order valence-corrected chi connectivity index (χ3v) is 8.13. The van der Waals surface area contributed by atoms with Gasteiger partial charge in [-0.25, -0.2) is 0 Å². The molecule has 0 bridgehead atoms. The summed E-state index contributed by atoms with van der Waals surface area (Å²) in [5.74, 6) is -0.361. The molecule has 9 heteroatoms. The predicted octanol–water partition coefficient (Wildman–Crippen LogP) is 2.68. The van der Waals surface area contributed by atoms with E-state index in [1.54, 1.807) is 7.05 Å². The summed E-state index contributed by atoms with van der Waals surface area (Å²) in [5.41, 5.74) is 1.75. The summed E-state index contributed by atoms with van der Waals surface area (Å²) in [6.45, 7) is 2.53. The maximum Gasteiger partial charge on any atom is 0.246 e. The van der Waals surface area contributed by atoms with Crippen LogP contribution in [0.5, 0.6) is 5.75 Å². The molecule has 0 spiro atoms. The first-order valence-electron chi connectivity index (χ1n) is 15.0. The number of hydrogen-bond donors (Lipinski definition) is 4. The number of ether oxygens (including phenoxy) is 1. The third kappa shape index (κ3) is 8.42. The molecule has 1 heterocycles. The molecule has 226 valence electrons. The molecule has 9 nitrogen and oxygen atoms in total. The van der Waals surface area contributed by atoms with Crippen LogP contribution < -0.4 is 20.7 Å². The highest BCUT2D eigenvalue weighted by Gasteiger charge is 2.38. The summed E-state index contributed by atoms with van der Waals surface area (Å²) in [5, 5.41) is 19.9. The largest absolute Gasteiger partial charge is 0.492 e. The Kier molecular flexibility index (Phi) is 11.5. The van der Waals surface area contributed by atoms with E-state index in [4.69, 9.17) is 4.74 Å². The van der Waals surface area contributed by atoms with Gasteiger partial charge in [0.25, 0.3) is 0 Å². The number of hydrogen-bond acceptors (Lipinski definition) is 6. The minimum atomic E-state index is -1.17. The number of para-hydroxylation sites is 1. The van der Waals surface area contributed by atoms with Gasteiger partial charge in [-0.1, -0.05) is 79.9 Å². The number of likely N-dealkylation sites (N-methyl/N-ethyl adjacent to an activating group) is 1. The van der Waals surface area contributed by atoms with Gasteiger partial charge in [0.2, 0.25) is 17.7 Å². The van der Waals surface area contributed by atoms with Crippen molar-refractivity contribution in [2.75, 3.05) is 26.7 Å². The lowest BCUT2D eigenvalue weighted by Crippen LogP contribution is -2.61. The summed E-state index contributed by atoms with van der Waals surface area (Å²) in [6, 6.07) is 14.5. The normalized spacial score (nSPS) is 24.4. The molecule has 2 aromatic rings. The highest BCUT2D eigenvalue weighted by molar-refractivity contribution is 5.93. The topological polar surface area (TPSA) is 120 Å². The minimum absolute atomic E-state index is 0.115. The van der Waals surface area contributed by atoms with E-state index < -0.39 is 30.1 Å². The number of amides is 3. The third-order valence-electron chi connectivity index (χ3n) is 8.13. The average molecular weight is 577 g/mol. The van der Waals surface area contributed by atoms with Crippen LogP contribution in [0.4, 0.5) is 0 Å². The molecule has 1 aliphatic carbocycles. The summed E-state index contributed by atoms with van der Waals surface area (Å²) in [4.78, 5) is 42.3. The first-order chi connectivity index (χ1) is 20.3. The van der Waals surface area contributed by atoms with Crippen molar-refractivity contribution in [3.05, 3.63) is 71.8 Å². The van der Waals surface area contributed by atoms with Crippen molar-refractivity contribution in [2.24, 2.45) is 5.92 Å². The fourth-order valence-electron chi connectivity index (χ4n) is 5.91. The number of fused-ring (bicyclic) bond motifs is 1. The van der Waals surface area contributed by atoms with Crippen molar-refractivity contribution in [1.29, 1.82) is 0 Å². The van der Waals surface area contributed by atoms with E-state index in [0.29, 0.717) is 18.9 Å². The zero-order valence-corrected chi connectivity index (χ0v) is 24.6. The van der Waals surface area contributed by atoms with Gasteiger partial charge in [0.15, 0.2) is 0 Å². The van der Waals surface area contributed by atoms with Crippen molar-refractivity contribution in [2.45, 2.75) is 69.7 Å². The van der Waals surface area contributed by atoms with E-state index in [2.05, 4.69) is 16.0 Å². The van der Waals surface area contributed by atoms with Gasteiger partial charge < -0.3 is 30.7 Å². The number of aliphatic hydroxyl groups is 1. The van der Waals surface area contributed by atoms with E-state index in [-0.39, 0.29) is 30.7 Å². The SMILES string of the molecule is CC(O)[C@H]1C(=O)N[C@H](Cc2ccccc2)C(=O)NCC=Cc2ccccc2OCCN[C@@H](C2CCCCC2)C(=O)N1C. The second kappa shape index (κ2) is 15.5. The summed E-state index contributed by atoms with van der Waals surface area (Å²) >= 11 is 0. The van der Waals surface area contributed by atoms with Crippen LogP contribution in [-0.4, -0.2) is 78.7 Å². The van der Waals surface area contributed by atoms with E-state index in [1.807, 2.05) is 66.7 Å². The van der Waals surface area contributed by atoms with Crippen LogP contribution in [0.3, 0.4) is 0 Å². The van der Waals surface area contributed by atoms with Gasteiger partial charge in [0, 0.05) is 32.1 Å². The van der Waals surface area contributed by atoms with Gasteiger partial charge in [0.05, 0.1) is 12.1 Å². The zero-order valence-electron chi connectivity index (χ0n) is 24.6. The molecule has 1 aliphatic heterocycles. The lowest BCUT2D eigenvalue weighted by molar-refractivity contribution is -0.146. The van der Waals surface area contributed by atoms with Crippen molar-refractivity contribution in [3.8, 4) is 5.75 Å². The fourth-order valence-corrected chi connectivity index (χ4v) is 5.91. The predicted molar refractivity (Wildman–Crippen MR) is 163 cm³/mol. The zero-order chi connectivity index (χ0) is 29.9. The summed E-state index contributed by atoms with van der Waals surface area (Å²) in [6.07, 6.45) is 7.91. The Hall–Kier alpha value is -3.69. The number of aliphatic hydroxyl groups excluding tert-OH is 1. The molecule has 1 unspecified atom stereocenters. The highest BCUT2D eigenvalue weighted by atomic mass is 16.5. The molecule has 2 aliphatic rings. The number of carbonyl (C=O) groups excluding carboxylic acids is 3. The van der Waals surface area contributed by atoms with Crippen LogP contribution in [0, 0.1) is 5.92 Å². The van der Waals surface area contributed by atoms with Crippen LogP contribution in [0.15, 0.2) is 60.7 Å². The van der Waals surface area contributed by atoms with Gasteiger partial charge >= 0.3 is 0 Å². The van der Waals surface area contributed by atoms with E-state index in [0.717, 1.165) is 43.2 Å². The maximum absolute atomic E-state index is 14.0. The van der Waals surface area contributed by atoms with Gasteiger partial charge in [0.1, 0.15) is 24.4 Å².